The van der Waals surface area contributed by atoms with Crippen molar-refractivity contribution in [2.75, 3.05) is 12.3 Å². The van der Waals surface area contributed by atoms with Gasteiger partial charge in [-0.05, 0) is 0 Å². The van der Waals surface area contributed by atoms with Crippen molar-refractivity contribution in [3.8, 4) is 0 Å². The standard InChI is InChI=1S/C3H6NO4PS2/c5-3-4(1-2-10-3)11-9(6,7)8/h1-2H2,(H2-,6,7,8). The van der Waals surface area contributed by atoms with Crippen LogP contribution in [0.15, 0.2) is 0 Å². The Hall–Kier alpha value is 0.350. The lowest BCUT2D eigenvalue weighted by Gasteiger charge is -2.03. The quantitative estimate of drug-likeness (QED) is 0.339. The van der Waals surface area contributed by atoms with E-state index in [4.69, 9.17) is 9.79 Å². The first-order valence-electron chi connectivity index (χ1n) is 2.68. The number of carbonyl (C=O) groups excluding carboxylic acids is 1. The van der Waals surface area contributed by atoms with Crippen LogP contribution in [0.1, 0.15) is 0 Å². The van der Waals surface area contributed by atoms with Crippen LogP contribution in [0.5, 0.6) is 0 Å². The molecule has 1 fully saturated rings. The highest BCUT2D eigenvalue weighted by atomic mass is 32.5. The highest BCUT2D eigenvalue weighted by Gasteiger charge is 2.31. The molecule has 0 radical (unpaired) electrons. The Morgan fingerprint density at radius 1 is 1.73 bits per heavy atom. The summed E-state index contributed by atoms with van der Waals surface area (Å²) in [6.45, 7) is -3.74. The number of nitrogens with zero attached hydrogens (tertiary/aromatic N) is 1. The molecule has 0 spiro atoms. The number of amides is 1. The maximum atomic E-state index is 10.8. The third-order valence-corrected chi connectivity index (χ3v) is 3.89. The van der Waals surface area contributed by atoms with Gasteiger partial charge in [0.25, 0.3) is 0 Å². The van der Waals surface area contributed by atoms with Crippen molar-refractivity contribution in [2.24, 2.45) is 0 Å². The van der Waals surface area contributed by atoms with Gasteiger partial charge in [-0.3, -0.25) is 4.79 Å². The summed E-state index contributed by atoms with van der Waals surface area (Å²) in [5.74, 6) is 0.603. The fourth-order valence-electron chi connectivity index (χ4n) is 0.582. The van der Waals surface area contributed by atoms with Crippen molar-refractivity contribution in [3.05, 3.63) is 0 Å². The average molecular weight is 215 g/mol. The Bertz CT molecular complexity index is 217. The SMILES string of the molecule is O=C1SCCN1[S+]=P([O-])(O)O. The summed E-state index contributed by atoms with van der Waals surface area (Å²) < 4.78 is 1.09. The molecule has 0 aromatic carbocycles. The minimum atomic E-state index is -4.14. The Morgan fingerprint density at radius 3 is 2.73 bits per heavy atom. The van der Waals surface area contributed by atoms with Crippen molar-refractivity contribution >= 4 is 34.8 Å². The molecule has 0 aliphatic carbocycles. The summed E-state index contributed by atoms with van der Waals surface area (Å²) in [6.07, 6.45) is 0. The molecule has 1 aliphatic heterocycles. The third kappa shape index (κ3) is 3.06. The van der Waals surface area contributed by atoms with E-state index in [1.54, 1.807) is 0 Å². The summed E-state index contributed by atoms with van der Waals surface area (Å²) in [6, 6.07) is 0. The Kier molecular flexibility index (Phi) is 2.90. The fourth-order valence-corrected chi connectivity index (χ4v) is 3.55. The van der Waals surface area contributed by atoms with E-state index >= 15 is 0 Å². The summed E-state index contributed by atoms with van der Waals surface area (Å²) in [4.78, 5) is 38.1. The van der Waals surface area contributed by atoms with Crippen LogP contribution in [0.3, 0.4) is 0 Å². The van der Waals surface area contributed by atoms with Crippen molar-refractivity contribution in [1.82, 2.24) is 4.31 Å². The van der Waals surface area contributed by atoms with Crippen molar-refractivity contribution in [1.29, 1.82) is 0 Å². The second kappa shape index (κ2) is 3.38. The van der Waals surface area contributed by atoms with E-state index in [1.807, 2.05) is 0 Å². The van der Waals surface area contributed by atoms with E-state index in [9.17, 15) is 9.69 Å². The van der Waals surface area contributed by atoms with Gasteiger partial charge in [0, 0.05) is 5.75 Å². The lowest BCUT2D eigenvalue weighted by atomic mass is 10.8. The number of rotatable bonds is 1. The summed E-state index contributed by atoms with van der Waals surface area (Å²) in [5, 5.41) is -0.279. The van der Waals surface area contributed by atoms with Crippen LogP contribution in [0.25, 0.3) is 0 Å². The van der Waals surface area contributed by atoms with Crippen LogP contribution in [0.4, 0.5) is 4.79 Å². The smallest absolute Gasteiger partial charge is 0.351 e. The van der Waals surface area contributed by atoms with Gasteiger partial charge in [0.1, 0.15) is 0 Å². The van der Waals surface area contributed by atoms with Gasteiger partial charge >= 0.3 is 23.1 Å². The van der Waals surface area contributed by atoms with Gasteiger partial charge < -0.3 is 14.7 Å². The molecule has 1 amide bonds. The van der Waals surface area contributed by atoms with Crippen LogP contribution in [0.2, 0.25) is 0 Å². The van der Waals surface area contributed by atoms with Crippen LogP contribution in [-0.2, 0) is 11.1 Å². The molecule has 1 rings (SSSR count). The topological polar surface area (TPSA) is 83.8 Å². The molecule has 1 saturated heterocycles. The first kappa shape index (κ1) is 9.44. The van der Waals surface area contributed by atoms with E-state index in [1.165, 1.54) is 0 Å². The van der Waals surface area contributed by atoms with Crippen LogP contribution in [-0.4, -0.2) is 31.6 Å². The number of hydrogen-bond donors (Lipinski definition) is 2. The lowest BCUT2D eigenvalue weighted by molar-refractivity contribution is -0.196. The zero-order valence-corrected chi connectivity index (χ0v) is 7.86. The molecule has 0 aromatic heterocycles. The van der Waals surface area contributed by atoms with Crippen LogP contribution in [0, 0.1) is 0 Å². The first-order chi connectivity index (χ1) is 4.99. The van der Waals surface area contributed by atoms with Gasteiger partial charge in [-0.15, -0.1) is 0 Å². The zero-order valence-electron chi connectivity index (χ0n) is 5.34. The fraction of sp³-hybridized carbons (Fsp3) is 0.667. The number of hydrogen-bond acceptors (Lipinski definition) is 3. The van der Waals surface area contributed by atoms with Gasteiger partial charge in [0.15, 0.2) is 0 Å². The molecule has 11 heavy (non-hydrogen) atoms. The molecule has 2 N–H and O–H groups in total. The van der Waals surface area contributed by atoms with Crippen molar-refractivity contribution in [2.45, 2.75) is 0 Å². The molecule has 8 heteroatoms. The maximum absolute atomic E-state index is 10.8. The summed E-state index contributed by atoms with van der Waals surface area (Å²) in [7, 11) is 0. The van der Waals surface area contributed by atoms with E-state index in [2.05, 4.69) is 0 Å². The monoisotopic (exact) mass is 215 g/mol. The molecule has 0 bridgehead atoms. The summed E-state index contributed by atoms with van der Waals surface area (Å²) >= 11 is 1.37. The second-order valence-corrected chi connectivity index (χ2v) is 6.34. The van der Waals surface area contributed by atoms with Crippen molar-refractivity contribution < 1.29 is 19.5 Å². The molecule has 0 saturated carbocycles. The normalized spacial score (nSPS) is 19.2. The predicted molar refractivity (Wildman–Crippen MR) is 43.3 cm³/mol. The van der Waals surface area contributed by atoms with Gasteiger partial charge in [-0.25, -0.2) is 0 Å². The molecule has 1 aliphatic rings. The van der Waals surface area contributed by atoms with E-state index in [0.717, 1.165) is 16.1 Å². The third-order valence-electron chi connectivity index (χ3n) is 0.928. The van der Waals surface area contributed by atoms with E-state index in [0.29, 0.717) is 23.4 Å². The Balaban J connectivity index is 2.70. The van der Waals surface area contributed by atoms with Crippen molar-refractivity contribution in [3.63, 3.8) is 0 Å². The van der Waals surface area contributed by atoms with Gasteiger partial charge in [-0.1, -0.05) is 16.1 Å². The van der Waals surface area contributed by atoms with E-state index in [-0.39, 0.29) is 5.24 Å². The highest BCUT2D eigenvalue weighted by molar-refractivity contribution is 8.18. The second-order valence-electron chi connectivity index (χ2n) is 1.79. The molecular formula is C3H6NO4PS2. The molecule has 1 heterocycles. The van der Waals surface area contributed by atoms with Gasteiger partial charge in [-0.2, -0.15) is 0 Å². The molecule has 64 valence electrons. The Labute approximate surface area is 71.4 Å². The first-order valence-corrected chi connectivity index (χ1v) is 6.66. The van der Waals surface area contributed by atoms with Gasteiger partial charge in [0.05, 0.1) is 6.54 Å². The maximum Gasteiger partial charge on any atom is 0.351 e. The predicted octanol–water partition coefficient (Wildman–Crippen LogP) is -0.825. The van der Waals surface area contributed by atoms with Gasteiger partial charge in [0.2, 0.25) is 0 Å². The minimum absolute atomic E-state index is 0.279. The molecule has 0 aromatic rings. The zero-order chi connectivity index (χ0) is 8.48. The number of carbonyl (C=O) groups is 1. The lowest BCUT2D eigenvalue weighted by Crippen LogP contribution is -2.19. The van der Waals surface area contributed by atoms with Crippen LogP contribution >= 0.6 is 18.5 Å². The minimum Gasteiger partial charge on any atom is -0.740 e. The van der Waals surface area contributed by atoms with E-state index < -0.39 is 6.72 Å². The summed E-state index contributed by atoms with van der Waals surface area (Å²) in [5.41, 5.74) is 0. The Morgan fingerprint density at radius 2 is 2.36 bits per heavy atom. The van der Waals surface area contributed by atoms with Crippen LogP contribution < -0.4 is 4.89 Å². The molecular weight excluding hydrogens is 209 g/mol. The average Bonchev–Trinajstić information content (AvgIpc) is 2.12. The molecule has 0 atom stereocenters. The molecule has 5 nitrogen and oxygen atoms in total. The number of thioether (sulfide) groups is 1. The molecule has 0 unspecified atom stereocenters. The highest BCUT2D eigenvalue weighted by Crippen LogP contribution is 2.29. The largest absolute Gasteiger partial charge is 0.740 e.